The van der Waals surface area contributed by atoms with Gasteiger partial charge in [-0.3, -0.25) is 4.90 Å². The van der Waals surface area contributed by atoms with Crippen molar-refractivity contribution >= 4 is 0 Å². The van der Waals surface area contributed by atoms with Crippen LogP contribution < -0.4 is 14.8 Å². The van der Waals surface area contributed by atoms with Crippen molar-refractivity contribution in [2.75, 3.05) is 39.9 Å². The molecule has 1 aromatic rings. The summed E-state index contributed by atoms with van der Waals surface area (Å²) in [5, 5.41) is 3.34. The lowest BCUT2D eigenvalue weighted by atomic mass is 10.2. The highest BCUT2D eigenvalue weighted by atomic mass is 16.5. The minimum atomic E-state index is 0.755. The molecular weight excluding hydrogens is 252 g/mol. The van der Waals surface area contributed by atoms with Crippen LogP contribution in [0.1, 0.15) is 25.3 Å². The van der Waals surface area contributed by atoms with Crippen LogP contribution in [0.2, 0.25) is 0 Å². The van der Waals surface area contributed by atoms with Crippen LogP contribution in [0.4, 0.5) is 0 Å². The Kier molecular flexibility index (Phi) is 6.15. The van der Waals surface area contributed by atoms with E-state index in [0.29, 0.717) is 0 Å². The highest BCUT2D eigenvalue weighted by molar-refractivity contribution is 5.40. The fraction of sp³-hybridized carbons (Fsp3) is 0.625. The number of nitrogens with zero attached hydrogens (tertiary/aromatic N) is 1. The summed E-state index contributed by atoms with van der Waals surface area (Å²) < 4.78 is 11.2. The Balaban J connectivity index is 1.90. The molecule has 1 aliphatic rings. The van der Waals surface area contributed by atoms with E-state index in [4.69, 9.17) is 9.47 Å². The van der Waals surface area contributed by atoms with Crippen molar-refractivity contribution in [2.24, 2.45) is 0 Å². The van der Waals surface area contributed by atoms with Gasteiger partial charge in [-0.2, -0.15) is 0 Å². The van der Waals surface area contributed by atoms with Gasteiger partial charge in [0.15, 0.2) is 0 Å². The molecule has 1 aliphatic heterocycles. The first-order valence-corrected chi connectivity index (χ1v) is 7.56. The molecule has 0 bridgehead atoms. The third kappa shape index (κ3) is 4.39. The Bertz CT molecular complexity index is 403. The third-order valence-corrected chi connectivity index (χ3v) is 3.70. The zero-order valence-corrected chi connectivity index (χ0v) is 12.7. The molecule has 1 saturated heterocycles. The normalized spacial score (nSPS) is 15.5. The average Bonchev–Trinajstić information content (AvgIpc) is 2.99. The Morgan fingerprint density at radius 3 is 2.75 bits per heavy atom. The molecular formula is C16H26N2O2. The molecule has 0 atom stereocenters. The van der Waals surface area contributed by atoms with E-state index in [1.807, 2.05) is 18.2 Å². The molecule has 0 radical (unpaired) electrons. The molecule has 0 aromatic heterocycles. The molecule has 1 N–H and O–H groups in total. The van der Waals surface area contributed by atoms with Gasteiger partial charge in [-0.05, 0) is 50.7 Å². The number of benzene rings is 1. The number of rotatable bonds is 8. The van der Waals surface area contributed by atoms with Gasteiger partial charge in [-0.1, -0.05) is 6.92 Å². The van der Waals surface area contributed by atoms with Gasteiger partial charge in [0.05, 0.1) is 7.11 Å². The number of hydrogen-bond acceptors (Lipinski definition) is 4. The van der Waals surface area contributed by atoms with Crippen LogP contribution in [0.15, 0.2) is 18.2 Å². The maximum atomic E-state index is 5.96. The number of likely N-dealkylation sites (tertiary alicyclic amines) is 1. The molecule has 0 saturated carbocycles. The highest BCUT2D eigenvalue weighted by Crippen LogP contribution is 2.24. The number of methoxy groups -OCH3 is 1. The van der Waals surface area contributed by atoms with Crippen LogP contribution >= 0.6 is 0 Å². The minimum absolute atomic E-state index is 0.755. The van der Waals surface area contributed by atoms with Crippen LogP contribution in [-0.2, 0) is 6.54 Å². The van der Waals surface area contributed by atoms with Gasteiger partial charge in [0.25, 0.3) is 0 Å². The topological polar surface area (TPSA) is 33.7 Å². The summed E-state index contributed by atoms with van der Waals surface area (Å²) in [6.07, 6.45) is 2.66. The highest BCUT2D eigenvalue weighted by Gasteiger charge is 2.11. The van der Waals surface area contributed by atoms with Crippen molar-refractivity contribution in [2.45, 2.75) is 26.3 Å². The molecule has 0 aliphatic carbocycles. The van der Waals surface area contributed by atoms with Crippen LogP contribution in [0.25, 0.3) is 0 Å². The summed E-state index contributed by atoms with van der Waals surface area (Å²) in [5.74, 6) is 1.84. The second-order valence-electron chi connectivity index (χ2n) is 5.15. The largest absolute Gasteiger partial charge is 0.497 e. The van der Waals surface area contributed by atoms with E-state index < -0.39 is 0 Å². The summed E-state index contributed by atoms with van der Waals surface area (Å²) in [6, 6.07) is 6.02. The van der Waals surface area contributed by atoms with Gasteiger partial charge in [-0.25, -0.2) is 0 Å². The quantitative estimate of drug-likeness (QED) is 0.791. The van der Waals surface area contributed by atoms with Crippen LogP contribution in [0.3, 0.4) is 0 Å². The molecule has 20 heavy (non-hydrogen) atoms. The van der Waals surface area contributed by atoms with Gasteiger partial charge in [0.1, 0.15) is 18.1 Å². The smallest absolute Gasteiger partial charge is 0.124 e. The molecule has 1 fully saturated rings. The second-order valence-corrected chi connectivity index (χ2v) is 5.15. The zero-order chi connectivity index (χ0) is 14.2. The number of ether oxygens (including phenoxy) is 2. The van der Waals surface area contributed by atoms with Crippen molar-refractivity contribution in [3.8, 4) is 11.5 Å². The van der Waals surface area contributed by atoms with E-state index in [2.05, 4.69) is 17.1 Å². The summed E-state index contributed by atoms with van der Waals surface area (Å²) in [7, 11) is 1.69. The van der Waals surface area contributed by atoms with Gasteiger partial charge >= 0.3 is 0 Å². The molecule has 0 amide bonds. The molecule has 2 rings (SSSR count). The Labute approximate surface area is 122 Å². The van der Waals surface area contributed by atoms with Crippen molar-refractivity contribution in [1.82, 2.24) is 10.2 Å². The van der Waals surface area contributed by atoms with Gasteiger partial charge in [-0.15, -0.1) is 0 Å². The Morgan fingerprint density at radius 1 is 1.25 bits per heavy atom. The standard InChI is InChI=1S/C16H26N2O2/c1-3-17-13-14-12-15(19-2)6-7-16(14)20-11-10-18-8-4-5-9-18/h6-7,12,17H,3-5,8-11,13H2,1-2H3. The monoisotopic (exact) mass is 278 g/mol. The lowest BCUT2D eigenvalue weighted by Gasteiger charge is -2.17. The second kappa shape index (κ2) is 8.12. The third-order valence-electron chi connectivity index (χ3n) is 3.70. The van der Waals surface area contributed by atoms with E-state index >= 15 is 0 Å². The first kappa shape index (κ1) is 15.1. The number of hydrogen-bond donors (Lipinski definition) is 1. The van der Waals surface area contributed by atoms with Gasteiger partial charge in [0.2, 0.25) is 0 Å². The van der Waals surface area contributed by atoms with Crippen LogP contribution in [0, 0.1) is 0 Å². The van der Waals surface area contributed by atoms with E-state index in [1.165, 1.54) is 25.9 Å². The Morgan fingerprint density at radius 2 is 2.05 bits per heavy atom. The van der Waals surface area contributed by atoms with Crippen molar-refractivity contribution in [3.63, 3.8) is 0 Å². The lowest BCUT2D eigenvalue weighted by Crippen LogP contribution is -2.25. The van der Waals surface area contributed by atoms with E-state index in [-0.39, 0.29) is 0 Å². The van der Waals surface area contributed by atoms with Gasteiger partial charge in [0, 0.05) is 18.7 Å². The molecule has 4 nitrogen and oxygen atoms in total. The van der Waals surface area contributed by atoms with Crippen molar-refractivity contribution in [1.29, 1.82) is 0 Å². The first-order valence-electron chi connectivity index (χ1n) is 7.56. The van der Waals surface area contributed by atoms with Crippen LogP contribution in [-0.4, -0.2) is 44.8 Å². The summed E-state index contributed by atoms with van der Waals surface area (Å²) in [5.41, 5.74) is 1.16. The van der Waals surface area contributed by atoms with Gasteiger partial charge < -0.3 is 14.8 Å². The predicted molar refractivity (Wildman–Crippen MR) is 81.5 cm³/mol. The number of nitrogens with one attached hydrogen (secondary N) is 1. The van der Waals surface area contributed by atoms with Crippen molar-refractivity contribution in [3.05, 3.63) is 23.8 Å². The summed E-state index contributed by atoms with van der Waals surface area (Å²) in [6.45, 7) is 8.08. The lowest BCUT2D eigenvalue weighted by molar-refractivity contribution is 0.236. The summed E-state index contributed by atoms with van der Waals surface area (Å²) >= 11 is 0. The minimum Gasteiger partial charge on any atom is -0.497 e. The first-order chi connectivity index (χ1) is 9.83. The molecule has 1 aromatic carbocycles. The SMILES string of the molecule is CCNCc1cc(OC)ccc1OCCN1CCCC1. The Hall–Kier alpha value is -1.26. The van der Waals surface area contributed by atoms with Crippen LogP contribution in [0.5, 0.6) is 11.5 Å². The predicted octanol–water partition coefficient (Wildman–Crippen LogP) is 2.28. The fourth-order valence-corrected chi connectivity index (χ4v) is 2.51. The van der Waals surface area contributed by atoms with E-state index in [1.54, 1.807) is 7.11 Å². The average molecular weight is 278 g/mol. The molecule has 4 heteroatoms. The zero-order valence-electron chi connectivity index (χ0n) is 12.7. The summed E-state index contributed by atoms with van der Waals surface area (Å²) in [4.78, 5) is 2.47. The van der Waals surface area contributed by atoms with E-state index in [0.717, 1.165) is 43.3 Å². The molecule has 0 spiro atoms. The van der Waals surface area contributed by atoms with E-state index in [9.17, 15) is 0 Å². The molecule has 112 valence electrons. The fourth-order valence-electron chi connectivity index (χ4n) is 2.51. The maximum absolute atomic E-state index is 5.96. The molecule has 1 heterocycles. The van der Waals surface area contributed by atoms with Crippen molar-refractivity contribution < 1.29 is 9.47 Å². The maximum Gasteiger partial charge on any atom is 0.124 e. The molecule has 0 unspecified atom stereocenters.